The van der Waals surface area contributed by atoms with Crippen LogP contribution in [0.5, 0.6) is 0 Å². The monoisotopic (exact) mass is 437 g/mol. The first-order valence-corrected chi connectivity index (χ1v) is 11.5. The Balaban J connectivity index is 1.38. The fourth-order valence-electron chi connectivity index (χ4n) is 4.63. The number of likely N-dealkylation sites (tertiary alicyclic amines) is 1. The summed E-state index contributed by atoms with van der Waals surface area (Å²) in [6, 6.07) is 14.7. The summed E-state index contributed by atoms with van der Waals surface area (Å²) >= 11 is 0. The van der Waals surface area contributed by atoms with Crippen LogP contribution < -0.4 is 5.73 Å². The number of piperidine rings is 1. The van der Waals surface area contributed by atoms with Crippen LogP contribution in [0.2, 0.25) is 0 Å². The maximum Gasteiger partial charge on any atom is 0.154 e. The lowest BCUT2D eigenvalue weighted by Crippen LogP contribution is -2.35. The molecule has 0 spiro atoms. The van der Waals surface area contributed by atoms with Crippen LogP contribution in [0.25, 0.3) is 10.9 Å². The molecular weight excluding hydrogens is 405 g/mol. The molecule has 1 fully saturated rings. The Morgan fingerprint density at radius 3 is 2.59 bits per heavy atom. The van der Waals surface area contributed by atoms with Gasteiger partial charge in [0, 0.05) is 50.4 Å². The van der Waals surface area contributed by atoms with E-state index in [4.69, 9.17) is 10.8 Å². The van der Waals surface area contributed by atoms with Gasteiger partial charge >= 0.3 is 0 Å². The molecule has 0 saturated carbocycles. The molecule has 1 atom stereocenters. The van der Waals surface area contributed by atoms with Gasteiger partial charge in [-0.2, -0.15) is 0 Å². The lowest BCUT2D eigenvalue weighted by atomic mass is 9.99. The van der Waals surface area contributed by atoms with Crippen molar-refractivity contribution in [1.29, 1.82) is 0 Å². The Labute approximate surface area is 188 Å². The van der Waals surface area contributed by atoms with E-state index in [2.05, 4.69) is 27.8 Å². The van der Waals surface area contributed by atoms with E-state index in [1.807, 2.05) is 24.3 Å². The number of nitrogens with two attached hydrogens (primary N) is 1. The van der Waals surface area contributed by atoms with Crippen molar-refractivity contribution in [1.82, 2.24) is 9.47 Å². The Morgan fingerprint density at radius 2 is 1.88 bits per heavy atom. The number of hydrogen-bond acceptors (Lipinski definition) is 4. The van der Waals surface area contributed by atoms with Crippen molar-refractivity contribution >= 4 is 16.7 Å². The van der Waals surface area contributed by atoms with E-state index in [9.17, 15) is 9.18 Å². The zero-order valence-electron chi connectivity index (χ0n) is 18.4. The number of Topliss-reactive ketones (excluding diaryl/α,β-unsaturated/α-hetero) is 1. The van der Waals surface area contributed by atoms with Gasteiger partial charge in [-0.25, -0.2) is 4.39 Å². The molecule has 1 aliphatic heterocycles. The molecule has 3 aromatic rings. The molecule has 2 heterocycles. The van der Waals surface area contributed by atoms with Crippen LogP contribution in [0, 0.1) is 5.82 Å². The van der Waals surface area contributed by atoms with Crippen LogP contribution in [-0.2, 0) is 11.2 Å². The highest BCUT2D eigenvalue weighted by Gasteiger charge is 2.22. The number of aliphatic hydroxyl groups excluding tert-OH is 1. The topological polar surface area (TPSA) is 71.5 Å². The average molecular weight is 438 g/mol. The van der Waals surface area contributed by atoms with Crippen LogP contribution in [0.3, 0.4) is 0 Å². The minimum atomic E-state index is -0.650. The highest BCUT2D eigenvalue weighted by atomic mass is 19.1. The number of carbonyl (C=O) groups is 1. The minimum Gasteiger partial charge on any atom is -0.396 e. The van der Waals surface area contributed by atoms with Gasteiger partial charge in [0.2, 0.25) is 0 Å². The van der Waals surface area contributed by atoms with Crippen LogP contribution in [0.4, 0.5) is 4.39 Å². The second-order valence-corrected chi connectivity index (χ2v) is 8.76. The number of hydrogen-bond donors (Lipinski definition) is 2. The molecule has 0 amide bonds. The van der Waals surface area contributed by atoms with Crippen molar-refractivity contribution < 1.29 is 14.3 Å². The largest absolute Gasteiger partial charge is 0.396 e. The number of halogens is 1. The van der Waals surface area contributed by atoms with Gasteiger partial charge < -0.3 is 20.3 Å². The van der Waals surface area contributed by atoms with E-state index in [-0.39, 0.29) is 18.2 Å². The molecule has 0 aliphatic carbocycles. The third kappa shape index (κ3) is 5.26. The zero-order chi connectivity index (χ0) is 22.5. The summed E-state index contributed by atoms with van der Waals surface area (Å²) in [6.07, 6.45) is 5.96. The van der Waals surface area contributed by atoms with E-state index in [0.29, 0.717) is 18.9 Å². The molecule has 1 saturated heterocycles. The van der Waals surface area contributed by atoms with Gasteiger partial charge in [0.25, 0.3) is 0 Å². The second-order valence-electron chi connectivity index (χ2n) is 8.76. The minimum absolute atomic E-state index is 0.00292. The number of aliphatic hydroxyl groups is 1. The maximum absolute atomic E-state index is 13.1. The normalized spacial score (nSPS) is 16.5. The number of carbonyl (C=O) groups excluding carboxylic acids is 1. The lowest BCUT2D eigenvalue weighted by Gasteiger charge is -2.33. The third-order valence-electron chi connectivity index (χ3n) is 6.62. The van der Waals surface area contributed by atoms with Gasteiger partial charge in [0.15, 0.2) is 5.78 Å². The van der Waals surface area contributed by atoms with Crippen molar-refractivity contribution in [3.8, 4) is 0 Å². The Bertz CT molecular complexity index is 1040. The maximum atomic E-state index is 13.1. The zero-order valence-corrected chi connectivity index (χ0v) is 18.4. The summed E-state index contributed by atoms with van der Waals surface area (Å²) in [5.41, 5.74) is 9.33. The van der Waals surface area contributed by atoms with Crippen LogP contribution in [-0.4, -0.2) is 46.6 Å². The molecule has 0 radical (unpaired) electrons. The molecule has 1 unspecified atom stereocenters. The van der Waals surface area contributed by atoms with Gasteiger partial charge in [-0.3, -0.25) is 4.79 Å². The highest BCUT2D eigenvalue weighted by molar-refractivity contribution is 5.87. The molecule has 3 N–H and O–H groups in total. The van der Waals surface area contributed by atoms with Gasteiger partial charge in [-0.1, -0.05) is 24.3 Å². The fraction of sp³-hybridized carbons (Fsp3) is 0.423. The van der Waals surface area contributed by atoms with Crippen molar-refractivity contribution in [3.63, 3.8) is 0 Å². The summed E-state index contributed by atoms with van der Waals surface area (Å²) in [7, 11) is 0. The standard InChI is InChI=1S/C26H32FN3O2/c27-22-7-3-19(4-8-22)9-13-29-14-11-23(12-15-29)30-16-10-20-5-6-21(18-24(20)30)26(28)25(32)2-1-17-31/h3-8,10,16,18,23,26,31H,1-2,9,11-15,17,28H2. The summed E-state index contributed by atoms with van der Waals surface area (Å²) in [4.78, 5) is 14.8. The van der Waals surface area contributed by atoms with Crippen molar-refractivity contribution in [3.05, 3.63) is 71.7 Å². The highest BCUT2D eigenvalue weighted by Crippen LogP contribution is 2.29. The molecule has 6 heteroatoms. The number of aromatic nitrogens is 1. The Hall–Kier alpha value is -2.54. The molecule has 4 rings (SSSR count). The van der Waals surface area contributed by atoms with Crippen LogP contribution >= 0.6 is 0 Å². The first-order chi connectivity index (χ1) is 15.5. The van der Waals surface area contributed by atoms with Gasteiger partial charge in [-0.05, 0) is 66.5 Å². The average Bonchev–Trinajstić information content (AvgIpc) is 3.25. The van der Waals surface area contributed by atoms with E-state index >= 15 is 0 Å². The number of ketones is 1. The molecular formula is C26H32FN3O2. The molecule has 170 valence electrons. The second kappa shape index (κ2) is 10.4. The van der Waals surface area contributed by atoms with E-state index < -0.39 is 6.04 Å². The van der Waals surface area contributed by atoms with Crippen molar-refractivity contribution in [2.75, 3.05) is 26.2 Å². The lowest BCUT2D eigenvalue weighted by molar-refractivity contribution is -0.120. The number of rotatable bonds is 9. The number of benzene rings is 2. The summed E-state index contributed by atoms with van der Waals surface area (Å²) in [6.45, 7) is 3.05. The quantitative estimate of drug-likeness (QED) is 0.531. The predicted octanol–water partition coefficient (Wildman–Crippen LogP) is 4.00. The smallest absolute Gasteiger partial charge is 0.154 e. The molecule has 5 nitrogen and oxygen atoms in total. The van der Waals surface area contributed by atoms with Gasteiger partial charge in [0.05, 0.1) is 6.04 Å². The van der Waals surface area contributed by atoms with E-state index in [0.717, 1.165) is 55.4 Å². The van der Waals surface area contributed by atoms with Crippen molar-refractivity contribution in [2.45, 2.75) is 44.2 Å². The van der Waals surface area contributed by atoms with E-state index in [1.54, 1.807) is 0 Å². The fourth-order valence-corrected chi connectivity index (χ4v) is 4.63. The molecule has 32 heavy (non-hydrogen) atoms. The molecule has 0 bridgehead atoms. The summed E-state index contributed by atoms with van der Waals surface area (Å²) in [5.74, 6) is -0.224. The van der Waals surface area contributed by atoms with Crippen molar-refractivity contribution in [2.24, 2.45) is 5.73 Å². The number of nitrogens with zero attached hydrogens (tertiary/aromatic N) is 2. The van der Waals surface area contributed by atoms with E-state index in [1.165, 1.54) is 17.7 Å². The summed E-state index contributed by atoms with van der Waals surface area (Å²) in [5, 5.41) is 10.1. The molecule has 2 aromatic carbocycles. The van der Waals surface area contributed by atoms with Gasteiger partial charge in [-0.15, -0.1) is 0 Å². The predicted molar refractivity (Wildman–Crippen MR) is 125 cm³/mol. The Kier molecular flexibility index (Phi) is 7.35. The van der Waals surface area contributed by atoms with Crippen LogP contribution in [0.1, 0.15) is 48.9 Å². The van der Waals surface area contributed by atoms with Crippen LogP contribution in [0.15, 0.2) is 54.7 Å². The number of fused-ring (bicyclic) bond motifs is 1. The molecule has 1 aliphatic rings. The first-order valence-electron chi connectivity index (χ1n) is 11.5. The first kappa shape index (κ1) is 22.6. The molecule has 1 aromatic heterocycles. The third-order valence-corrected chi connectivity index (χ3v) is 6.62. The SMILES string of the molecule is NC(C(=O)CCCO)c1ccc2ccn(C3CCN(CCc4ccc(F)cc4)CC3)c2c1. The summed E-state index contributed by atoms with van der Waals surface area (Å²) < 4.78 is 15.4. The van der Waals surface area contributed by atoms with Gasteiger partial charge in [0.1, 0.15) is 5.82 Å². The Morgan fingerprint density at radius 1 is 1.12 bits per heavy atom.